The van der Waals surface area contributed by atoms with Gasteiger partial charge < -0.3 is 0 Å². The van der Waals surface area contributed by atoms with Gasteiger partial charge in [-0.05, 0) is 30.3 Å². The number of thiazole rings is 1. The molecule has 3 heterocycles. The second-order valence-electron chi connectivity index (χ2n) is 5.72. The third-order valence-corrected chi connectivity index (χ3v) is 4.62. The molecule has 140 valence electrons. The van der Waals surface area contributed by atoms with Crippen LogP contribution in [-0.4, -0.2) is 25.7 Å². The zero-order valence-corrected chi connectivity index (χ0v) is 15.2. The number of halogens is 2. The van der Waals surface area contributed by atoms with Crippen molar-refractivity contribution in [3.05, 3.63) is 77.3 Å². The van der Waals surface area contributed by atoms with E-state index in [0.29, 0.717) is 16.5 Å². The first-order valence-electron chi connectivity index (χ1n) is 8.24. The van der Waals surface area contributed by atoms with Crippen LogP contribution < -0.4 is 5.32 Å². The Labute approximate surface area is 162 Å². The molecule has 1 aromatic carbocycles. The maximum absolute atomic E-state index is 14.1. The van der Waals surface area contributed by atoms with Crippen molar-refractivity contribution in [2.24, 2.45) is 0 Å². The van der Waals surface area contributed by atoms with Gasteiger partial charge in [0.1, 0.15) is 29.6 Å². The molecular weight excluding hydrogens is 384 g/mol. The van der Waals surface area contributed by atoms with Crippen molar-refractivity contribution in [3.63, 3.8) is 0 Å². The van der Waals surface area contributed by atoms with Crippen molar-refractivity contribution in [2.75, 3.05) is 5.32 Å². The predicted octanol–water partition coefficient (Wildman–Crippen LogP) is 4.25. The predicted molar refractivity (Wildman–Crippen MR) is 102 cm³/mol. The van der Waals surface area contributed by atoms with Crippen molar-refractivity contribution < 1.29 is 13.6 Å². The van der Waals surface area contributed by atoms with Crippen molar-refractivity contribution >= 4 is 22.4 Å². The first-order chi connectivity index (χ1) is 13.7. The Balaban J connectivity index is 1.63. The lowest BCUT2D eigenvalue weighted by Gasteiger charge is -2.07. The molecule has 0 atom stereocenters. The number of rotatable bonds is 5. The van der Waals surface area contributed by atoms with Crippen molar-refractivity contribution in [2.45, 2.75) is 6.67 Å². The lowest BCUT2D eigenvalue weighted by Crippen LogP contribution is -2.17. The fraction of sp³-hybridized carbons (Fsp3) is 0.0526. The lowest BCUT2D eigenvalue weighted by atomic mass is 10.3. The molecule has 0 unspecified atom stereocenters. The van der Waals surface area contributed by atoms with Crippen LogP contribution in [0.25, 0.3) is 17.1 Å². The maximum Gasteiger partial charge on any atom is 0.276 e. The van der Waals surface area contributed by atoms with E-state index < -0.39 is 18.4 Å². The highest BCUT2D eigenvalue weighted by atomic mass is 32.1. The molecule has 0 bridgehead atoms. The van der Waals surface area contributed by atoms with E-state index >= 15 is 0 Å². The third-order valence-electron chi connectivity index (χ3n) is 3.86. The highest BCUT2D eigenvalue weighted by Gasteiger charge is 2.20. The standard InChI is InChI=1S/C19H13F2N5OS/c20-10-12-9-17(26(25-12)16-7-2-1-5-13(16)21)18(27)24-19-23-15(11-28-19)14-6-3-4-8-22-14/h1-9,11H,10H2,(H,23,24,27). The van der Waals surface area contributed by atoms with E-state index in [-0.39, 0.29) is 17.1 Å². The van der Waals surface area contributed by atoms with Gasteiger partial charge in [0.15, 0.2) is 5.13 Å². The summed E-state index contributed by atoms with van der Waals surface area (Å²) in [5, 5.41) is 8.74. The first kappa shape index (κ1) is 17.9. The van der Waals surface area contributed by atoms with Gasteiger partial charge in [0.25, 0.3) is 5.91 Å². The largest absolute Gasteiger partial charge is 0.296 e. The summed E-state index contributed by atoms with van der Waals surface area (Å²) in [6.45, 7) is -0.872. The van der Waals surface area contributed by atoms with Crippen LogP contribution in [0, 0.1) is 5.82 Å². The maximum atomic E-state index is 14.1. The molecule has 6 nitrogen and oxygen atoms in total. The van der Waals surface area contributed by atoms with Gasteiger partial charge in [-0.25, -0.2) is 18.4 Å². The molecule has 0 fully saturated rings. The number of alkyl halides is 1. The Kier molecular flexibility index (Phi) is 4.90. The van der Waals surface area contributed by atoms with Gasteiger partial charge in [-0.15, -0.1) is 11.3 Å². The molecule has 0 spiro atoms. The van der Waals surface area contributed by atoms with Crippen molar-refractivity contribution in [3.8, 4) is 17.1 Å². The van der Waals surface area contributed by atoms with E-state index in [1.165, 1.54) is 35.6 Å². The second kappa shape index (κ2) is 7.65. The molecule has 28 heavy (non-hydrogen) atoms. The van der Waals surface area contributed by atoms with E-state index in [2.05, 4.69) is 20.4 Å². The van der Waals surface area contributed by atoms with Crippen LogP contribution in [0.4, 0.5) is 13.9 Å². The Morgan fingerprint density at radius 2 is 1.96 bits per heavy atom. The van der Waals surface area contributed by atoms with Crippen LogP contribution in [0.5, 0.6) is 0 Å². The summed E-state index contributed by atoms with van der Waals surface area (Å²) < 4.78 is 28.3. The number of hydrogen-bond acceptors (Lipinski definition) is 5. The summed E-state index contributed by atoms with van der Waals surface area (Å²) in [5.41, 5.74) is 1.39. The lowest BCUT2D eigenvalue weighted by molar-refractivity contribution is 0.101. The van der Waals surface area contributed by atoms with Crippen LogP contribution in [-0.2, 0) is 6.67 Å². The third kappa shape index (κ3) is 3.52. The Bertz CT molecular complexity index is 1130. The molecule has 0 aliphatic heterocycles. The number of nitrogens with zero attached hydrogens (tertiary/aromatic N) is 4. The summed E-state index contributed by atoms with van der Waals surface area (Å²) in [6, 6.07) is 12.6. The van der Waals surface area contributed by atoms with Crippen LogP contribution in [0.1, 0.15) is 16.2 Å². The van der Waals surface area contributed by atoms with Crippen LogP contribution in [0.2, 0.25) is 0 Å². The quantitative estimate of drug-likeness (QED) is 0.546. The van der Waals surface area contributed by atoms with E-state index in [1.54, 1.807) is 29.8 Å². The number of carbonyl (C=O) groups is 1. The summed E-state index contributed by atoms with van der Waals surface area (Å²) in [6.07, 6.45) is 1.65. The number of nitrogens with one attached hydrogen (secondary N) is 1. The number of hydrogen-bond donors (Lipinski definition) is 1. The molecule has 0 saturated heterocycles. The molecule has 4 aromatic rings. The Hall–Kier alpha value is -3.46. The normalized spacial score (nSPS) is 10.8. The molecular formula is C19H13F2N5OS. The molecule has 1 N–H and O–H groups in total. The van der Waals surface area contributed by atoms with Gasteiger partial charge >= 0.3 is 0 Å². The average molecular weight is 397 g/mol. The number of carbonyl (C=O) groups excluding carboxylic acids is 1. The minimum absolute atomic E-state index is 0.00679. The SMILES string of the molecule is O=C(Nc1nc(-c2ccccn2)cs1)c1cc(CF)nn1-c1ccccc1F. The van der Waals surface area contributed by atoms with Crippen LogP contribution >= 0.6 is 11.3 Å². The van der Waals surface area contributed by atoms with Gasteiger partial charge in [-0.2, -0.15) is 5.10 Å². The Morgan fingerprint density at radius 3 is 2.71 bits per heavy atom. The van der Waals surface area contributed by atoms with E-state index in [4.69, 9.17) is 0 Å². The van der Waals surface area contributed by atoms with Crippen LogP contribution in [0.15, 0.2) is 60.1 Å². The highest BCUT2D eigenvalue weighted by Crippen LogP contribution is 2.24. The number of amides is 1. The Morgan fingerprint density at radius 1 is 1.14 bits per heavy atom. The van der Waals surface area contributed by atoms with Crippen molar-refractivity contribution in [1.82, 2.24) is 19.7 Å². The zero-order chi connectivity index (χ0) is 19.5. The molecule has 9 heteroatoms. The molecule has 0 radical (unpaired) electrons. The fourth-order valence-corrected chi connectivity index (χ4v) is 3.29. The number of para-hydroxylation sites is 1. The second-order valence-corrected chi connectivity index (χ2v) is 6.58. The minimum Gasteiger partial charge on any atom is -0.296 e. The van der Waals surface area contributed by atoms with E-state index in [9.17, 15) is 13.6 Å². The topological polar surface area (TPSA) is 72.7 Å². The van der Waals surface area contributed by atoms with Gasteiger partial charge in [-0.3, -0.25) is 15.1 Å². The zero-order valence-electron chi connectivity index (χ0n) is 14.3. The molecule has 0 aliphatic carbocycles. The fourth-order valence-electron chi connectivity index (χ4n) is 2.59. The number of aromatic nitrogens is 4. The van der Waals surface area contributed by atoms with E-state index in [0.717, 1.165) is 4.68 Å². The summed E-state index contributed by atoms with van der Waals surface area (Å²) in [7, 11) is 0. The van der Waals surface area contributed by atoms with Crippen LogP contribution in [0.3, 0.4) is 0 Å². The number of anilines is 1. The molecule has 4 rings (SSSR count). The smallest absolute Gasteiger partial charge is 0.276 e. The minimum atomic E-state index is -0.872. The molecule has 3 aromatic heterocycles. The molecule has 1 amide bonds. The average Bonchev–Trinajstić information content (AvgIpc) is 3.36. The highest BCUT2D eigenvalue weighted by molar-refractivity contribution is 7.14. The molecule has 0 aliphatic rings. The van der Waals surface area contributed by atoms with Gasteiger partial charge in [0, 0.05) is 11.6 Å². The summed E-state index contributed by atoms with van der Waals surface area (Å²) in [5.74, 6) is -1.14. The van der Waals surface area contributed by atoms with Crippen molar-refractivity contribution in [1.29, 1.82) is 0 Å². The summed E-state index contributed by atoms with van der Waals surface area (Å²) in [4.78, 5) is 21.3. The van der Waals surface area contributed by atoms with Gasteiger partial charge in [-0.1, -0.05) is 18.2 Å². The molecule has 0 saturated carbocycles. The van der Waals surface area contributed by atoms with E-state index in [1.807, 2.05) is 6.07 Å². The van der Waals surface area contributed by atoms with Gasteiger partial charge in [0.2, 0.25) is 0 Å². The summed E-state index contributed by atoms with van der Waals surface area (Å²) >= 11 is 1.22. The van der Waals surface area contributed by atoms with Gasteiger partial charge in [0.05, 0.1) is 11.4 Å². The monoisotopic (exact) mass is 397 g/mol. The number of benzene rings is 1. The first-order valence-corrected chi connectivity index (χ1v) is 9.12. The number of pyridine rings is 1.